The Labute approximate surface area is 173 Å². The maximum Gasteiger partial charge on any atom is 0.255 e. The minimum absolute atomic E-state index is 0.0244. The number of rotatable bonds is 5. The predicted octanol–water partition coefficient (Wildman–Crippen LogP) is 3.44. The van der Waals surface area contributed by atoms with E-state index in [9.17, 15) is 9.59 Å². The number of methoxy groups -OCH3 is 1. The molecule has 3 aromatic rings. The number of carbonyl (C=O) groups is 2. The molecule has 7 heteroatoms. The Bertz CT molecular complexity index is 1000. The molecule has 1 aliphatic rings. The number of benzene rings is 2. The second-order valence-corrected chi connectivity index (χ2v) is 8.14. The van der Waals surface area contributed by atoms with E-state index >= 15 is 0 Å². The van der Waals surface area contributed by atoms with Crippen molar-refractivity contribution in [3.05, 3.63) is 59.1 Å². The van der Waals surface area contributed by atoms with Gasteiger partial charge in [-0.25, -0.2) is 4.98 Å². The monoisotopic (exact) mass is 409 g/mol. The maximum atomic E-state index is 12.7. The molecule has 0 spiro atoms. The summed E-state index contributed by atoms with van der Waals surface area (Å²) in [5, 5.41) is 3.81. The van der Waals surface area contributed by atoms with Gasteiger partial charge in [-0.15, -0.1) is 11.3 Å². The van der Waals surface area contributed by atoms with Crippen LogP contribution in [0.25, 0.3) is 10.2 Å². The molecule has 2 heterocycles. The number of carbonyl (C=O) groups excluding carboxylic acids is 2. The van der Waals surface area contributed by atoms with E-state index < -0.39 is 0 Å². The molecule has 1 aromatic heterocycles. The summed E-state index contributed by atoms with van der Waals surface area (Å²) in [5.74, 6) is 0.357. The Kier molecular flexibility index (Phi) is 5.76. The van der Waals surface area contributed by atoms with Gasteiger partial charge in [0.05, 0.1) is 34.4 Å². The van der Waals surface area contributed by atoms with Crippen LogP contribution in [0.5, 0.6) is 5.75 Å². The molecule has 0 saturated carbocycles. The number of piperidine rings is 1. The molecule has 0 radical (unpaired) electrons. The number of amides is 2. The highest BCUT2D eigenvalue weighted by atomic mass is 32.1. The largest absolute Gasteiger partial charge is 0.496 e. The van der Waals surface area contributed by atoms with Gasteiger partial charge >= 0.3 is 0 Å². The zero-order valence-corrected chi connectivity index (χ0v) is 17.1. The second-order valence-electron chi connectivity index (χ2n) is 7.08. The van der Waals surface area contributed by atoms with Crippen LogP contribution in [0.4, 0.5) is 0 Å². The molecule has 1 atom stereocenters. The fourth-order valence-electron chi connectivity index (χ4n) is 3.67. The summed E-state index contributed by atoms with van der Waals surface area (Å²) < 4.78 is 6.39. The Hall–Kier alpha value is -2.93. The number of likely N-dealkylation sites (tertiary alicyclic amines) is 1. The topological polar surface area (TPSA) is 71.5 Å². The first-order valence-corrected chi connectivity index (χ1v) is 10.5. The lowest BCUT2D eigenvalue weighted by molar-refractivity contribution is -0.131. The predicted molar refractivity (Wildman–Crippen MR) is 114 cm³/mol. The zero-order valence-electron chi connectivity index (χ0n) is 16.3. The minimum Gasteiger partial charge on any atom is -0.496 e. The van der Waals surface area contributed by atoms with Crippen molar-refractivity contribution in [2.75, 3.05) is 26.7 Å². The molecule has 29 heavy (non-hydrogen) atoms. The summed E-state index contributed by atoms with van der Waals surface area (Å²) in [5.41, 5.74) is 1.44. The summed E-state index contributed by atoms with van der Waals surface area (Å²) in [6.07, 6.45) is 1.96. The lowest BCUT2D eigenvalue weighted by atomic mass is 9.98. The lowest BCUT2D eigenvalue weighted by Crippen LogP contribution is -2.44. The molecule has 2 aromatic carbocycles. The van der Waals surface area contributed by atoms with Crippen LogP contribution in [-0.4, -0.2) is 48.4 Å². The van der Waals surface area contributed by atoms with Gasteiger partial charge in [-0.05, 0) is 37.1 Å². The molecule has 150 valence electrons. The van der Waals surface area contributed by atoms with Gasteiger partial charge in [0, 0.05) is 19.0 Å². The zero-order chi connectivity index (χ0) is 20.2. The van der Waals surface area contributed by atoms with Crippen LogP contribution in [0, 0.1) is 0 Å². The SMILES string of the molecule is COc1ccccc1C(=O)NCC(=O)N1CCC[C@H](c2nc3ccccc3s2)C1. The fourth-order valence-corrected chi connectivity index (χ4v) is 4.76. The Morgan fingerprint density at radius 2 is 2.00 bits per heavy atom. The highest BCUT2D eigenvalue weighted by Crippen LogP contribution is 2.32. The minimum atomic E-state index is -0.310. The molecule has 0 bridgehead atoms. The van der Waals surface area contributed by atoms with Gasteiger partial charge in [0.1, 0.15) is 5.75 Å². The molecule has 1 saturated heterocycles. The van der Waals surface area contributed by atoms with Gasteiger partial charge in [0.2, 0.25) is 5.91 Å². The fraction of sp³-hybridized carbons (Fsp3) is 0.318. The van der Waals surface area contributed by atoms with Crippen molar-refractivity contribution in [3.63, 3.8) is 0 Å². The van der Waals surface area contributed by atoms with Gasteiger partial charge < -0.3 is 15.0 Å². The number of nitrogens with one attached hydrogen (secondary N) is 1. The summed E-state index contributed by atoms with van der Waals surface area (Å²) in [6.45, 7) is 1.33. The number of nitrogens with zero attached hydrogens (tertiary/aromatic N) is 2. The van der Waals surface area contributed by atoms with Crippen molar-refractivity contribution in [1.29, 1.82) is 0 Å². The van der Waals surface area contributed by atoms with E-state index in [-0.39, 0.29) is 24.3 Å². The van der Waals surface area contributed by atoms with Gasteiger partial charge in [-0.3, -0.25) is 9.59 Å². The van der Waals surface area contributed by atoms with Crippen LogP contribution in [0.3, 0.4) is 0 Å². The van der Waals surface area contributed by atoms with E-state index in [0.717, 1.165) is 23.4 Å². The Morgan fingerprint density at radius 3 is 2.83 bits per heavy atom. The second kappa shape index (κ2) is 8.61. The number of para-hydroxylation sites is 2. The van der Waals surface area contributed by atoms with Gasteiger partial charge in [0.25, 0.3) is 5.91 Å². The molecule has 4 rings (SSSR count). The maximum absolute atomic E-state index is 12.7. The van der Waals surface area contributed by atoms with Gasteiger partial charge in [-0.1, -0.05) is 24.3 Å². The number of ether oxygens (including phenoxy) is 1. The van der Waals surface area contributed by atoms with Crippen molar-refractivity contribution in [3.8, 4) is 5.75 Å². The number of aromatic nitrogens is 1. The molecular formula is C22H23N3O3S. The highest BCUT2D eigenvalue weighted by Gasteiger charge is 2.27. The van der Waals surface area contributed by atoms with Crippen molar-refractivity contribution in [2.24, 2.45) is 0 Å². The number of hydrogen-bond acceptors (Lipinski definition) is 5. The number of thiazole rings is 1. The van der Waals surface area contributed by atoms with E-state index in [2.05, 4.69) is 11.4 Å². The van der Waals surface area contributed by atoms with Crippen molar-refractivity contribution in [2.45, 2.75) is 18.8 Å². The number of hydrogen-bond donors (Lipinski definition) is 1. The van der Waals surface area contributed by atoms with Gasteiger partial charge in [0.15, 0.2) is 0 Å². The Morgan fingerprint density at radius 1 is 1.21 bits per heavy atom. The molecule has 2 amide bonds. The van der Waals surface area contributed by atoms with Gasteiger partial charge in [-0.2, -0.15) is 0 Å². The summed E-state index contributed by atoms with van der Waals surface area (Å²) in [7, 11) is 1.52. The van der Waals surface area contributed by atoms with Crippen molar-refractivity contribution < 1.29 is 14.3 Å². The summed E-state index contributed by atoms with van der Waals surface area (Å²) in [4.78, 5) is 31.7. The summed E-state index contributed by atoms with van der Waals surface area (Å²) >= 11 is 1.70. The first kappa shape index (κ1) is 19.4. The quantitative estimate of drug-likeness (QED) is 0.701. The van der Waals surface area contributed by atoms with E-state index in [1.807, 2.05) is 23.1 Å². The van der Waals surface area contributed by atoms with Crippen LogP contribution in [0.2, 0.25) is 0 Å². The molecule has 6 nitrogen and oxygen atoms in total. The van der Waals surface area contributed by atoms with Crippen molar-refractivity contribution >= 4 is 33.4 Å². The summed E-state index contributed by atoms with van der Waals surface area (Å²) in [6, 6.07) is 15.1. The van der Waals surface area contributed by atoms with Crippen LogP contribution in [-0.2, 0) is 4.79 Å². The molecule has 1 aliphatic heterocycles. The van der Waals surface area contributed by atoms with E-state index in [1.165, 1.54) is 11.8 Å². The third-order valence-corrected chi connectivity index (χ3v) is 6.38. The molecule has 0 unspecified atom stereocenters. The van der Waals surface area contributed by atoms with E-state index in [1.54, 1.807) is 35.6 Å². The normalized spacial score (nSPS) is 16.6. The molecular weight excluding hydrogens is 386 g/mol. The Balaban J connectivity index is 1.38. The third kappa shape index (κ3) is 4.24. The van der Waals surface area contributed by atoms with Crippen molar-refractivity contribution in [1.82, 2.24) is 15.2 Å². The van der Waals surface area contributed by atoms with Crippen LogP contribution < -0.4 is 10.1 Å². The smallest absolute Gasteiger partial charge is 0.255 e. The highest BCUT2D eigenvalue weighted by molar-refractivity contribution is 7.18. The number of fused-ring (bicyclic) bond motifs is 1. The van der Waals surface area contributed by atoms with Crippen LogP contribution in [0.1, 0.15) is 34.1 Å². The average molecular weight is 410 g/mol. The lowest BCUT2D eigenvalue weighted by Gasteiger charge is -2.32. The van der Waals surface area contributed by atoms with E-state index in [4.69, 9.17) is 9.72 Å². The van der Waals surface area contributed by atoms with E-state index in [0.29, 0.717) is 24.4 Å². The average Bonchev–Trinajstić information content (AvgIpc) is 3.21. The molecule has 0 aliphatic carbocycles. The van der Waals surface area contributed by atoms with Crippen LogP contribution >= 0.6 is 11.3 Å². The van der Waals surface area contributed by atoms with Crippen LogP contribution in [0.15, 0.2) is 48.5 Å². The molecule has 1 N–H and O–H groups in total. The first-order chi connectivity index (χ1) is 14.2. The first-order valence-electron chi connectivity index (χ1n) is 9.70. The standard InChI is InChI=1S/C22H23N3O3S/c1-28-18-10-4-2-8-16(18)21(27)23-13-20(26)25-12-6-7-15(14-25)22-24-17-9-3-5-11-19(17)29-22/h2-5,8-11,15H,6-7,12-14H2,1H3,(H,23,27)/t15-/m0/s1. The molecule has 1 fully saturated rings. The third-order valence-electron chi connectivity index (χ3n) is 5.19.